The third-order valence-corrected chi connectivity index (χ3v) is 13.6. The number of rotatable bonds is 7. The summed E-state index contributed by atoms with van der Waals surface area (Å²) < 4.78 is 12.9. The number of anilines is 8. The summed E-state index contributed by atoms with van der Waals surface area (Å²) in [5.74, 6) is 1.30. The van der Waals surface area contributed by atoms with E-state index in [1.165, 1.54) is 15.4 Å². The van der Waals surface area contributed by atoms with Crippen LogP contribution in [0, 0.1) is 0 Å². The van der Waals surface area contributed by atoms with Crippen molar-refractivity contribution >= 4 is 79.2 Å². The van der Waals surface area contributed by atoms with Crippen molar-refractivity contribution in [3.63, 3.8) is 0 Å². The van der Waals surface area contributed by atoms with E-state index in [4.69, 9.17) is 9.15 Å². The zero-order valence-electron chi connectivity index (χ0n) is 36.5. The standard InChI is InChI=1S/C61H43N3O2S/c1-42-17-4-3-15-38-62(54-23-8-12-27-58(54)65-42)48-39-49(41-50(40-48)64-55-24-9-13-28-59(55)67-60-29-14-10-25-56(60)64)63(46-34-30-44(31-35-46)43-18-5-2-6-19-43)47-36-32-45(33-37-47)51-21-16-22-53-52-20-7-11-26-57(52)66-61(51)53/h2-37,39-41H,1,38H2/b15-3-,17-4-. The quantitative estimate of drug-likeness (QED) is 0.159. The Hall–Kier alpha value is -8.45. The largest absolute Gasteiger partial charge is 0.456 e. The van der Waals surface area contributed by atoms with Crippen LogP contribution < -0.4 is 19.4 Å². The van der Waals surface area contributed by atoms with Gasteiger partial charge in [0.2, 0.25) is 0 Å². The molecule has 0 spiro atoms. The van der Waals surface area contributed by atoms with Crippen LogP contribution in [0.4, 0.5) is 45.5 Å². The van der Waals surface area contributed by atoms with E-state index in [9.17, 15) is 0 Å². The maximum absolute atomic E-state index is 6.51. The summed E-state index contributed by atoms with van der Waals surface area (Å²) in [6.45, 7) is 4.80. The molecule has 0 N–H and O–H groups in total. The van der Waals surface area contributed by atoms with Crippen molar-refractivity contribution in [2.75, 3.05) is 21.2 Å². The Balaban J connectivity index is 1.07. The Morgan fingerprint density at radius 1 is 0.493 bits per heavy atom. The molecule has 0 amide bonds. The number of allylic oxidation sites excluding steroid dienone is 3. The molecule has 0 bridgehead atoms. The van der Waals surface area contributed by atoms with E-state index in [-0.39, 0.29) is 0 Å². The summed E-state index contributed by atoms with van der Waals surface area (Å²) in [7, 11) is 0. The Bertz CT molecular complexity index is 3490. The highest BCUT2D eigenvalue weighted by molar-refractivity contribution is 7.99. The average Bonchev–Trinajstić information content (AvgIpc) is 3.77. The van der Waals surface area contributed by atoms with E-state index >= 15 is 0 Å². The fourth-order valence-corrected chi connectivity index (χ4v) is 10.4. The summed E-state index contributed by atoms with van der Waals surface area (Å²) in [5, 5.41) is 2.23. The molecule has 0 unspecified atom stereocenters. The van der Waals surface area contributed by atoms with Gasteiger partial charge >= 0.3 is 0 Å². The van der Waals surface area contributed by atoms with Gasteiger partial charge in [-0.05, 0) is 108 Å². The van der Waals surface area contributed by atoms with E-state index in [0.29, 0.717) is 12.3 Å². The van der Waals surface area contributed by atoms with Gasteiger partial charge in [-0.3, -0.25) is 0 Å². The van der Waals surface area contributed by atoms with Crippen molar-refractivity contribution in [3.05, 3.63) is 249 Å². The fourth-order valence-electron chi connectivity index (χ4n) is 9.31. The molecule has 0 radical (unpaired) electrons. The summed E-state index contributed by atoms with van der Waals surface area (Å²) in [4.78, 5) is 9.50. The third-order valence-electron chi connectivity index (χ3n) is 12.4. The second-order valence-corrected chi connectivity index (χ2v) is 17.7. The fraction of sp³-hybridized carbons (Fsp3) is 0.0164. The van der Waals surface area contributed by atoms with Gasteiger partial charge in [0.05, 0.1) is 28.4 Å². The highest BCUT2D eigenvalue weighted by Gasteiger charge is 2.28. The molecular formula is C61H43N3O2S. The van der Waals surface area contributed by atoms with Crippen LogP contribution in [0.5, 0.6) is 5.75 Å². The lowest BCUT2D eigenvalue weighted by molar-refractivity contribution is 0.447. The molecule has 9 aromatic carbocycles. The Kier molecular flexibility index (Phi) is 10.3. The summed E-state index contributed by atoms with van der Waals surface area (Å²) in [6, 6.07) is 75.5. The van der Waals surface area contributed by atoms with Gasteiger partial charge < -0.3 is 23.9 Å². The van der Waals surface area contributed by atoms with Gasteiger partial charge in [0, 0.05) is 49.7 Å². The summed E-state index contributed by atoms with van der Waals surface area (Å²) in [5.41, 5.74) is 14.5. The van der Waals surface area contributed by atoms with Crippen LogP contribution in [0.25, 0.3) is 44.2 Å². The van der Waals surface area contributed by atoms with Crippen LogP contribution >= 0.6 is 11.8 Å². The van der Waals surface area contributed by atoms with E-state index in [1.54, 1.807) is 0 Å². The lowest BCUT2D eigenvalue weighted by Gasteiger charge is -2.35. The highest BCUT2D eigenvalue weighted by atomic mass is 32.2. The molecule has 0 aliphatic carbocycles. The van der Waals surface area contributed by atoms with E-state index in [1.807, 2.05) is 48.2 Å². The molecule has 67 heavy (non-hydrogen) atoms. The number of fused-ring (bicyclic) bond motifs is 6. The number of hydrogen-bond acceptors (Lipinski definition) is 6. The lowest BCUT2D eigenvalue weighted by atomic mass is 10.0. The van der Waals surface area contributed by atoms with Crippen LogP contribution in [0.2, 0.25) is 0 Å². The number of nitrogens with zero attached hydrogens (tertiary/aromatic N) is 3. The number of benzene rings is 9. The second kappa shape index (κ2) is 17.2. The van der Waals surface area contributed by atoms with Crippen LogP contribution in [-0.2, 0) is 0 Å². The van der Waals surface area contributed by atoms with E-state index in [0.717, 1.165) is 89.9 Å². The third kappa shape index (κ3) is 7.53. The monoisotopic (exact) mass is 881 g/mol. The molecule has 10 aromatic rings. The molecule has 0 saturated carbocycles. The Morgan fingerprint density at radius 3 is 1.87 bits per heavy atom. The highest BCUT2D eigenvalue weighted by Crippen LogP contribution is 2.53. The molecule has 0 fully saturated rings. The molecule has 5 nitrogen and oxygen atoms in total. The van der Waals surface area contributed by atoms with Crippen LogP contribution in [0.15, 0.2) is 263 Å². The molecule has 6 heteroatoms. The van der Waals surface area contributed by atoms with Crippen molar-refractivity contribution in [2.24, 2.45) is 0 Å². The number of furan rings is 1. The van der Waals surface area contributed by atoms with Crippen molar-refractivity contribution in [1.29, 1.82) is 0 Å². The summed E-state index contributed by atoms with van der Waals surface area (Å²) in [6.07, 6.45) is 8.12. The average molecular weight is 882 g/mol. The molecule has 3 heterocycles. The predicted molar refractivity (Wildman–Crippen MR) is 280 cm³/mol. The molecule has 2 aliphatic rings. The Labute approximate surface area is 394 Å². The molecule has 1 aromatic heterocycles. The van der Waals surface area contributed by atoms with Gasteiger partial charge in [-0.25, -0.2) is 0 Å². The van der Waals surface area contributed by atoms with Gasteiger partial charge in [-0.15, -0.1) is 0 Å². The molecule has 0 saturated heterocycles. The molecule has 320 valence electrons. The van der Waals surface area contributed by atoms with Crippen molar-refractivity contribution < 1.29 is 9.15 Å². The molecule has 2 aliphatic heterocycles. The van der Waals surface area contributed by atoms with Crippen molar-refractivity contribution in [3.8, 4) is 28.0 Å². The molecule has 0 atom stereocenters. The Morgan fingerprint density at radius 2 is 1.10 bits per heavy atom. The van der Waals surface area contributed by atoms with Crippen molar-refractivity contribution in [1.82, 2.24) is 0 Å². The first kappa shape index (κ1) is 40.1. The first-order valence-corrected chi connectivity index (χ1v) is 23.3. The SMILES string of the molecule is C=C1/C=C\C=C/CN(c2cc(N(c3ccc(-c4ccccc4)cc3)c3ccc(-c4cccc5c4oc4ccccc45)cc3)cc(N3c4ccccc4Sc4ccccc43)c2)c2ccccc2O1. The number of hydrogen-bond donors (Lipinski definition) is 0. The first-order valence-electron chi connectivity index (χ1n) is 22.5. The molecular weight excluding hydrogens is 839 g/mol. The van der Waals surface area contributed by atoms with Gasteiger partial charge in [-0.1, -0.05) is 164 Å². The first-order chi connectivity index (χ1) is 33.1. The maximum Gasteiger partial charge on any atom is 0.151 e. The van der Waals surface area contributed by atoms with Crippen LogP contribution in [0.3, 0.4) is 0 Å². The minimum atomic E-state index is 0.567. The normalized spacial score (nSPS) is 14.2. The van der Waals surface area contributed by atoms with E-state index in [2.05, 4.69) is 221 Å². The molecule has 12 rings (SSSR count). The van der Waals surface area contributed by atoms with Gasteiger partial charge in [0.25, 0.3) is 0 Å². The van der Waals surface area contributed by atoms with Crippen LogP contribution in [0.1, 0.15) is 0 Å². The van der Waals surface area contributed by atoms with Gasteiger partial charge in [0.1, 0.15) is 16.9 Å². The minimum absolute atomic E-state index is 0.567. The smallest absolute Gasteiger partial charge is 0.151 e. The van der Waals surface area contributed by atoms with E-state index < -0.39 is 0 Å². The zero-order chi connectivity index (χ0) is 44.7. The number of ether oxygens (including phenoxy) is 1. The number of para-hydroxylation sites is 6. The van der Waals surface area contributed by atoms with Crippen molar-refractivity contribution in [2.45, 2.75) is 9.79 Å². The lowest BCUT2D eigenvalue weighted by Crippen LogP contribution is -2.21. The zero-order valence-corrected chi connectivity index (χ0v) is 37.3. The maximum atomic E-state index is 6.51. The van der Waals surface area contributed by atoms with Crippen LogP contribution in [-0.4, -0.2) is 6.54 Å². The predicted octanol–water partition coefficient (Wildman–Crippen LogP) is 17.5. The summed E-state index contributed by atoms with van der Waals surface area (Å²) >= 11 is 1.81. The second-order valence-electron chi connectivity index (χ2n) is 16.6. The van der Waals surface area contributed by atoms with Gasteiger partial charge in [0.15, 0.2) is 5.75 Å². The topological polar surface area (TPSA) is 32.1 Å². The minimum Gasteiger partial charge on any atom is -0.456 e. The van der Waals surface area contributed by atoms with Gasteiger partial charge in [-0.2, -0.15) is 0 Å².